The molecular formula is C27H28Cl3N3O4S. The largest absolute Gasteiger partial charge is 0.355 e. The zero-order chi connectivity index (χ0) is 27.9. The van der Waals surface area contributed by atoms with Crippen LogP contribution in [0.1, 0.15) is 18.1 Å². The van der Waals surface area contributed by atoms with Gasteiger partial charge in [-0.1, -0.05) is 77.3 Å². The molecule has 0 bridgehead atoms. The van der Waals surface area contributed by atoms with Crippen LogP contribution in [0.5, 0.6) is 0 Å². The topological polar surface area (TPSA) is 86.8 Å². The Morgan fingerprint density at radius 3 is 2.08 bits per heavy atom. The molecule has 0 radical (unpaired) electrons. The lowest BCUT2D eigenvalue weighted by Crippen LogP contribution is -2.53. The molecule has 3 aromatic rings. The van der Waals surface area contributed by atoms with Gasteiger partial charge in [0.2, 0.25) is 21.8 Å². The lowest BCUT2D eigenvalue weighted by Gasteiger charge is -2.33. The maximum Gasteiger partial charge on any atom is 0.244 e. The summed E-state index contributed by atoms with van der Waals surface area (Å²) in [6, 6.07) is 19.6. The predicted octanol–water partition coefficient (Wildman–Crippen LogP) is 5.19. The number of anilines is 1. The molecule has 0 aliphatic carbocycles. The van der Waals surface area contributed by atoms with Crippen LogP contribution in [0.2, 0.25) is 15.1 Å². The second-order valence-electron chi connectivity index (χ2n) is 8.65. The number of carbonyl (C=O) groups excluding carboxylic acids is 2. The van der Waals surface area contributed by atoms with E-state index in [9.17, 15) is 18.0 Å². The van der Waals surface area contributed by atoms with Crippen molar-refractivity contribution in [2.24, 2.45) is 0 Å². The number of hydrogen-bond acceptors (Lipinski definition) is 4. The molecule has 0 aliphatic rings. The lowest BCUT2D eigenvalue weighted by molar-refractivity contribution is -0.140. The molecule has 0 unspecified atom stereocenters. The summed E-state index contributed by atoms with van der Waals surface area (Å²) in [5.74, 6) is -0.942. The molecule has 0 saturated carbocycles. The van der Waals surface area contributed by atoms with Gasteiger partial charge in [-0.3, -0.25) is 13.9 Å². The van der Waals surface area contributed by atoms with Gasteiger partial charge >= 0.3 is 0 Å². The Hall–Kier alpha value is -2.78. The first-order valence-corrected chi connectivity index (χ1v) is 14.8. The van der Waals surface area contributed by atoms with E-state index in [2.05, 4.69) is 5.32 Å². The van der Waals surface area contributed by atoms with Crippen molar-refractivity contribution in [2.45, 2.75) is 25.9 Å². The number of hydrogen-bond donors (Lipinski definition) is 1. The SMILES string of the molecule is CCNC(=O)[C@H](Cc1ccccc1)N(Cc1cccc(Cl)c1)C(=O)CN(c1cc(Cl)cc(Cl)c1)S(C)(=O)=O. The van der Waals surface area contributed by atoms with Gasteiger partial charge in [0.25, 0.3) is 0 Å². The molecule has 1 N–H and O–H groups in total. The Labute approximate surface area is 238 Å². The van der Waals surface area contributed by atoms with Crippen LogP contribution < -0.4 is 9.62 Å². The van der Waals surface area contributed by atoms with Crippen molar-refractivity contribution >= 4 is 62.3 Å². The fourth-order valence-corrected chi connectivity index (χ4v) is 5.54. The minimum atomic E-state index is -3.93. The molecular weight excluding hydrogens is 569 g/mol. The highest BCUT2D eigenvalue weighted by Gasteiger charge is 2.33. The van der Waals surface area contributed by atoms with E-state index in [0.29, 0.717) is 17.1 Å². The van der Waals surface area contributed by atoms with Gasteiger partial charge in [-0.25, -0.2) is 8.42 Å². The van der Waals surface area contributed by atoms with Crippen LogP contribution in [0, 0.1) is 0 Å². The van der Waals surface area contributed by atoms with Gasteiger partial charge < -0.3 is 10.2 Å². The van der Waals surface area contributed by atoms with Crippen molar-refractivity contribution in [2.75, 3.05) is 23.7 Å². The van der Waals surface area contributed by atoms with Crippen molar-refractivity contribution < 1.29 is 18.0 Å². The van der Waals surface area contributed by atoms with Gasteiger partial charge in [0, 0.05) is 34.6 Å². The third-order valence-corrected chi connectivity index (χ3v) is 7.49. The van der Waals surface area contributed by atoms with Crippen molar-refractivity contribution in [1.82, 2.24) is 10.2 Å². The molecule has 0 fully saturated rings. The van der Waals surface area contributed by atoms with Crippen molar-refractivity contribution in [3.8, 4) is 0 Å². The number of benzene rings is 3. The van der Waals surface area contributed by atoms with E-state index in [1.54, 1.807) is 31.2 Å². The monoisotopic (exact) mass is 595 g/mol. The van der Waals surface area contributed by atoms with E-state index >= 15 is 0 Å². The molecule has 2 amide bonds. The first-order chi connectivity index (χ1) is 18.0. The van der Waals surface area contributed by atoms with Crippen molar-refractivity contribution in [3.63, 3.8) is 0 Å². The van der Waals surface area contributed by atoms with Crippen molar-refractivity contribution in [1.29, 1.82) is 0 Å². The van der Waals surface area contributed by atoms with Gasteiger partial charge in [-0.15, -0.1) is 0 Å². The number of sulfonamides is 1. The van der Waals surface area contributed by atoms with E-state index in [4.69, 9.17) is 34.8 Å². The highest BCUT2D eigenvalue weighted by molar-refractivity contribution is 7.92. The molecule has 0 aromatic heterocycles. The Bertz CT molecular complexity index is 1370. The van der Waals surface area contributed by atoms with E-state index in [1.165, 1.54) is 23.1 Å². The van der Waals surface area contributed by atoms with Gasteiger partial charge in [0.05, 0.1) is 11.9 Å². The summed E-state index contributed by atoms with van der Waals surface area (Å²) in [6.07, 6.45) is 1.21. The zero-order valence-electron chi connectivity index (χ0n) is 20.9. The highest BCUT2D eigenvalue weighted by Crippen LogP contribution is 2.27. The summed E-state index contributed by atoms with van der Waals surface area (Å²) < 4.78 is 26.5. The molecule has 3 aromatic carbocycles. The van der Waals surface area contributed by atoms with Gasteiger partial charge in [0.15, 0.2) is 0 Å². The van der Waals surface area contributed by atoms with Crippen LogP contribution in [-0.4, -0.2) is 50.5 Å². The fraction of sp³-hybridized carbons (Fsp3) is 0.259. The lowest BCUT2D eigenvalue weighted by atomic mass is 10.0. The van der Waals surface area contributed by atoms with Crippen LogP contribution in [-0.2, 0) is 32.6 Å². The van der Waals surface area contributed by atoms with E-state index < -0.39 is 28.5 Å². The quantitative estimate of drug-likeness (QED) is 0.330. The van der Waals surface area contributed by atoms with Crippen LogP contribution >= 0.6 is 34.8 Å². The normalized spacial score (nSPS) is 12.0. The number of likely N-dealkylation sites (N-methyl/N-ethyl adjacent to an activating group) is 1. The number of amides is 2. The number of halogens is 3. The third kappa shape index (κ3) is 8.36. The minimum absolute atomic E-state index is 0.0297. The predicted molar refractivity (Wildman–Crippen MR) is 153 cm³/mol. The second-order valence-corrected chi connectivity index (χ2v) is 11.9. The number of carbonyl (C=O) groups is 2. The average molecular weight is 597 g/mol. The Morgan fingerprint density at radius 2 is 1.50 bits per heavy atom. The van der Waals surface area contributed by atoms with E-state index in [-0.39, 0.29) is 34.6 Å². The summed E-state index contributed by atoms with van der Waals surface area (Å²) >= 11 is 18.4. The van der Waals surface area contributed by atoms with Crippen LogP contribution in [0.4, 0.5) is 5.69 Å². The summed E-state index contributed by atoms with van der Waals surface area (Å²) in [4.78, 5) is 28.6. The Morgan fingerprint density at radius 1 is 0.868 bits per heavy atom. The Balaban J connectivity index is 2.06. The number of nitrogens with zero attached hydrogens (tertiary/aromatic N) is 2. The first-order valence-electron chi connectivity index (χ1n) is 11.8. The molecule has 38 heavy (non-hydrogen) atoms. The van der Waals surface area contributed by atoms with Gasteiger partial charge in [0.1, 0.15) is 12.6 Å². The van der Waals surface area contributed by atoms with Crippen molar-refractivity contribution in [3.05, 3.63) is 99.0 Å². The minimum Gasteiger partial charge on any atom is -0.355 e. The third-order valence-electron chi connectivity index (χ3n) is 5.68. The first kappa shape index (κ1) is 29.8. The van der Waals surface area contributed by atoms with Crippen LogP contribution in [0.15, 0.2) is 72.8 Å². The molecule has 0 aliphatic heterocycles. The van der Waals surface area contributed by atoms with Crippen LogP contribution in [0.25, 0.3) is 0 Å². The van der Waals surface area contributed by atoms with E-state index in [0.717, 1.165) is 16.1 Å². The standard InChI is InChI=1S/C27H28Cl3N3O4S/c1-3-31-27(35)25(13-19-8-5-4-6-9-19)32(17-20-10-7-11-21(28)12-20)26(34)18-33(38(2,36)37)24-15-22(29)14-23(30)16-24/h4-12,14-16,25H,3,13,17-18H2,1-2H3,(H,31,35)/t25-/m0/s1. The van der Waals surface area contributed by atoms with Gasteiger partial charge in [-0.2, -0.15) is 0 Å². The maximum atomic E-state index is 13.9. The van der Waals surface area contributed by atoms with Crippen LogP contribution in [0.3, 0.4) is 0 Å². The smallest absolute Gasteiger partial charge is 0.244 e. The molecule has 0 saturated heterocycles. The summed E-state index contributed by atoms with van der Waals surface area (Å²) in [7, 11) is -3.93. The molecule has 202 valence electrons. The molecule has 11 heteroatoms. The summed E-state index contributed by atoms with van der Waals surface area (Å²) in [5.41, 5.74) is 1.66. The highest BCUT2D eigenvalue weighted by atomic mass is 35.5. The van der Waals surface area contributed by atoms with E-state index in [1.807, 2.05) is 30.3 Å². The molecule has 1 atom stereocenters. The number of nitrogens with one attached hydrogen (secondary N) is 1. The molecule has 0 heterocycles. The van der Waals surface area contributed by atoms with Gasteiger partial charge in [-0.05, 0) is 48.4 Å². The molecule has 3 rings (SSSR count). The molecule has 0 spiro atoms. The second kappa shape index (κ2) is 13.3. The molecule has 7 nitrogen and oxygen atoms in total. The number of rotatable bonds is 11. The Kier molecular flexibility index (Phi) is 10.4. The summed E-state index contributed by atoms with van der Waals surface area (Å²) in [5, 5.41) is 3.71. The fourth-order valence-electron chi connectivity index (χ4n) is 3.97. The zero-order valence-corrected chi connectivity index (χ0v) is 24.0. The maximum absolute atomic E-state index is 13.9. The average Bonchev–Trinajstić information content (AvgIpc) is 2.84. The summed E-state index contributed by atoms with van der Waals surface area (Å²) in [6.45, 7) is 1.61.